The smallest absolute Gasteiger partial charge is 0.264 e. The van der Waals surface area contributed by atoms with Crippen LogP contribution in [0.2, 0.25) is 0 Å². The minimum absolute atomic E-state index is 0.00971. The molecule has 182 valence electrons. The van der Waals surface area contributed by atoms with E-state index in [4.69, 9.17) is 9.51 Å². The number of nitriles is 1. The summed E-state index contributed by atoms with van der Waals surface area (Å²) in [6.07, 6.45) is 11.9. The molecule has 1 saturated carbocycles. The maximum Gasteiger partial charge on any atom is 0.264 e. The number of aromatic nitrogens is 5. The van der Waals surface area contributed by atoms with Crippen LogP contribution in [-0.2, 0) is 6.54 Å². The summed E-state index contributed by atoms with van der Waals surface area (Å²) in [6, 6.07) is 4.46. The molecule has 0 bridgehead atoms. The van der Waals surface area contributed by atoms with Crippen molar-refractivity contribution in [2.45, 2.75) is 71.4 Å². The van der Waals surface area contributed by atoms with Crippen LogP contribution < -0.4 is 0 Å². The molecule has 9 heteroatoms. The molecular formula is C26H28F2N6O. The van der Waals surface area contributed by atoms with Crippen LogP contribution in [0.1, 0.15) is 56.5 Å². The molecule has 1 aliphatic carbocycles. The second-order valence-corrected chi connectivity index (χ2v) is 9.71. The van der Waals surface area contributed by atoms with Gasteiger partial charge >= 0.3 is 0 Å². The molecule has 0 saturated heterocycles. The van der Waals surface area contributed by atoms with Gasteiger partial charge in [-0.15, -0.1) is 0 Å². The number of hydrogen-bond acceptors (Lipinski definition) is 5. The Morgan fingerprint density at radius 2 is 1.97 bits per heavy atom. The number of aryl methyl sites for hydroxylation is 2. The van der Waals surface area contributed by atoms with Gasteiger partial charge in [0.1, 0.15) is 12.3 Å². The first-order chi connectivity index (χ1) is 16.7. The highest BCUT2D eigenvalue weighted by molar-refractivity contribution is 5.95. The van der Waals surface area contributed by atoms with Crippen molar-refractivity contribution in [2.24, 2.45) is 5.92 Å². The van der Waals surface area contributed by atoms with Crippen LogP contribution in [-0.4, -0.2) is 30.4 Å². The third-order valence-corrected chi connectivity index (χ3v) is 6.98. The van der Waals surface area contributed by atoms with E-state index in [0.717, 1.165) is 58.7 Å². The quantitative estimate of drug-likeness (QED) is 0.304. The Hall–Kier alpha value is -3.54. The zero-order chi connectivity index (χ0) is 24.7. The largest absolute Gasteiger partial charge is 0.361 e. The molecule has 0 spiro atoms. The highest BCUT2D eigenvalue weighted by Gasteiger charge is 2.29. The van der Waals surface area contributed by atoms with Gasteiger partial charge in [-0.2, -0.15) is 10.4 Å². The van der Waals surface area contributed by atoms with E-state index in [1.807, 2.05) is 20.0 Å². The highest BCUT2D eigenvalue weighted by Crippen LogP contribution is 2.41. The van der Waals surface area contributed by atoms with E-state index in [1.54, 1.807) is 18.6 Å². The minimum atomic E-state index is -2.86. The summed E-state index contributed by atoms with van der Waals surface area (Å²) >= 11 is 0. The van der Waals surface area contributed by atoms with Crippen molar-refractivity contribution in [3.8, 4) is 28.3 Å². The number of rotatable bonds is 7. The average molecular weight is 479 g/mol. The van der Waals surface area contributed by atoms with Crippen molar-refractivity contribution in [2.75, 3.05) is 0 Å². The molecule has 1 unspecified atom stereocenters. The third kappa shape index (κ3) is 4.45. The van der Waals surface area contributed by atoms with E-state index in [1.165, 1.54) is 17.5 Å². The minimum Gasteiger partial charge on any atom is -0.361 e. The van der Waals surface area contributed by atoms with E-state index in [0.29, 0.717) is 18.1 Å². The Labute approximate surface area is 202 Å². The SMILES string of the molecule is Cc1noc(C)c1-c1cnc2c(-c3cnn(CC(C)(F)F)c3)cn(C(CC#N)C3CCCC3)c2c1. The van der Waals surface area contributed by atoms with Crippen LogP contribution >= 0.6 is 0 Å². The lowest BCUT2D eigenvalue weighted by Crippen LogP contribution is -2.19. The molecule has 1 aliphatic rings. The molecule has 4 heterocycles. The van der Waals surface area contributed by atoms with E-state index in [-0.39, 0.29) is 6.04 Å². The Balaban J connectivity index is 1.68. The van der Waals surface area contributed by atoms with Crippen molar-refractivity contribution in [1.29, 1.82) is 5.26 Å². The van der Waals surface area contributed by atoms with Gasteiger partial charge < -0.3 is 9.09 Å². The second kappa shape index (κ2) is 8.91. The summed E-state index contributed by atoms with van der Waals surface area (Å²) < 4.78 is 35.9. The lowest BCUT2D eigenvalue weighted by molar-refractivity contribution is 0.000603. The fourth-order valence-electron chi connectivity index (χ4n) is 5.45. The van der Waals surface area contributed by atoms with Gasteiger partial charge in [0.2, 0.25) is 0 Å². The summed E-state index contributed by atoms with van der Waals surface area (Å²) in [4.78, 5) is 4.81. The molecule has 0 amide bonds. The Bertz CT molecular complexity index is 1380. The molecule has 1 atom stereocenters. The molecule has 7 nitrogen and oxygen atoms in total. The molecule has 0 aliphatic heterocycles. The third-order valence-electron chi connectivity index (χ3n) is 6.98. The predicted octanol–water partition coefficient (Wildman–Crippen LogP) is 6.47. The molecule has 35 heavy (non-hydrogen) atoms. The zero-order valence-corrected chi connectivity index (χ0v) is 20.1. The first-order valence-electron chi connectivity index (χ1n) is 12.0. The van der Waals surface area contributed by atoms with E-state index in [2.05, 4.69) is 27.0 Å². The van der Waals surface area contributed by atoms with Gasteiger partial charge in [-0.05, 0) is 38.7 Å². The van der Waals surface area contributed by atoms with Crippen LogP contribution in [0.25, 0.3) is 33.3 Å². The fraction of sp³-hybridized carbons (Fsp3) is 0.462. The van der Waals surface area contributed by atoms with Crippen LogP contribution in [0.3, 0.4) is 0 Å². The van der Waals surface area contributed by atoms with Crippen molar-refractivity contribution in [3.05, 3.63) is 42.3 Å². The van der Waals surface area contributed by atoms with Crippen molar-refractivity contribution >= 4 is 11.0 Å². The maximum absolute atomic E-state index is 13.6. The first-order valence-corrected chi connectivity index (χ1v) is 12.0. The van der Waals surface area contributed by atoms with Crippen LogP contribution in [0.15, 0.2) is 35.4 Å². The van der Waals surface area contributed by atoms with Gasteiger partial charge in [-0.3, -0.25) is 9.67 Å². The van der Waals surface area contributed by atoms with E-state index < -0.39 is 12.5 Å². The first kappa shape index (κ1) is 23.2. The van der Waals surface area contributed by atoms with Gasteiger partial charge in [-0.25, -0.2) is 8.78 Å². The standard InChI is InChI=1S/C26H28F2N6O/c1-16-24(17(2)35-32-16)19-10-23-25(30-11-19)21(20-12-31-33(13-20)15-26(3,27)28)14-34(23)22(8-9-29)18-6-4-5-7-18/h10-14,18,22H,4-8,15H2,1-3H3. The lowest BCUT2D eigenvalue weighted by Gasteiger charge is -2.24. The fourth-order valence-corrected chi connectivity index (χ4v) is 5.45. The molecular weight excluding hydrogens is 450 g/mol. The number of nitrogens with zero attached hydrogens (tertiary/aromatic N) is 6. The predicted molar refractivity (Wildman–Crippen MR) is 128 cm³/mol. The molecule has 0 N–H and O–H groups in total. The number of halogens is 2. The number of fused-ring (bicyclic) bond motifs is 1. The molecule has 4 aromatic heterocycles. The molecule has 0 aromatic carbocycles. The molecule has 4 aromatic rings. The Morgan fingerprint density at radius 3 is 2.63 bits per heavy atom. The Morgan fingerprint density at radius 1 is 1.20 bits per heavy atom. The number of pyridine rings is 1. The zero-order valence-electron chi connectivity index (χ0n) is 20.1. The second-order valence-electron chi connectivity index (χ2n) is 9.71. The summed E-state index contributed by atoms with van der Waals surface area (Å²) in [5.41, 5.74) is 5.78. The van der Waals surface area contributed by atoms with E-state index in [9.17, 15) is 14.0 Å². The van der Waals surface area contributed by atoms with Crippen molar-refractivity contribution < 1.29 is 13.3 Å². The monoisotopic (exact) mass is 478 g/mol. The molecule has 0 radical (unpaired) electrons. The van der Waals surface area contributed by atoms with Gasteiger partial charge in [0.05, 0.1) is 35.4 Å². The van der Waals surface area contributed by atoms with Gasteiger partial charge in [0, 0.05) is 53.8 Å². The summed E-state index contributed by atoms with van der Waals surface area (Å²) in [7, 11) is 0. The topological polar surface area (TPSA) is 85.5 Å². The van der Waals surface area contributed by atoms with Crippen LogP contribution in [0.4, 0.5) is 8.78 Å². The lowest BCUT2D eigenvalue weighted by atomic mass is 9.95. The van der Waals surface area contributed by atoms with Crippen LogP contribution in [0.5, 0.6) is 0 Å². The van der Waals surface area contributed by atoms with Crippen molar-refractivity contribution in [3.63, 3.8) is 0 Å². The van der Waals surface area contributed by atoms with E-state index >= 15 is 0 Å². The number of hydrogen-bond donors (Lipinski definition) is 0. The summed E-state index contributed by atoms with van der Waals surface area (Å²) in [6.45, 7) is 4.16. The van der Waals surface area contributed by atoms with Gasteiger partial charge in [0.15, 0.2) is 0 Å². The summed E-state index contributed by atoms with van der Waals surface area (Å²) in [5.74, 6) is -1.74. The normalized spacial score (nSPS) is 15.7. The summed E-state index contributed by atoms with van der Waals surface area (Å²) in [5, 5.41) is 17.9. The van der Waals surface area contributed by atoms with Gasteiger partial charge in [-0.1, -0.05) is 18.0 Å². The number of alkyl halides is 2. The molecule has 5 rings (SSSR count). The molecule has 1 fully saturated rings. The average Bonchev–Trinajstić information content (AvgIpc) is 3.58. The highest BCUT2D eigenvalue weighted by atomic mass is 19.3. The van der Waals surface area contributed by atoms with Gasteiger partial charge in [0.25, 0.3) is 5.92 Å². The van der Waals surface area contributed by atoms with Crippen molar-refractivity contribution in [1.82, 2.24) is 24.5 Å². The maximum atomic E-state index is 13.6. The Kier molecular flexibility index (Phi) is 5.91. The van der Waals surface area contributed by atoms with Crippen LogP contribution in [0, 0.1) is 31.1 Å².